The van der Waals surface area contributed by atoms with Crippen LogP contribution in [0.5, 0.6) is 5.75 Å². The molecule has 0 atom stereocenters. The second kappa shape index (κ2) is 9.22. The lowest BCUT2D eigenvalue weighted by atomic mass is 10.1. The molecule has 0 saturated heterocycles. The minimum absolute atomic E-state index is 0.276. The minimum Gasteiger partial charge on any atom is -0.496 e. The third-order valence-electron chi connectivity index (χ3n) is 3.96. The molecular weight excluding hydrogens is 358 g/mol. The van der Waals surface area contributed by atoms with Crippen LogP contribution in [0.2, 0.25) is 0 Å². The van der Waals surface area contributed by atoms with Gasteiger partial charge in [-0.1, -0.05) is 29.8 Å². The summed E-state index contributed by atoms with van der Waals surface area (Å²) in [5.41, 5.74) is 3.19. The van der Waals surface area contributed by atoms with Gasteiger partial charge in [0.25, 0.3) is 0 Å². The van der Waals surface area contributed by atoms with Gasteiger partial charge in [0.05, 0.1) is 12.0 Å². The summed E-state index contributed by atoms with van der Waals surface area (Å²) < 4.78 is 32.8. The zero-order valence-corrected chi connectivity index (χ0v) is 16.2. The molecule has 25 heavy (non-hydrogen) atoms. The summed E-state index contributed by atoms with van der Waals surface area (Å²) in [5, 5.41) is 0. The molecule has 0 aliphatic heterocycles. The number of ether oxygens (including phenoxy) is 1. The normalized spacial score (nSPS) is 11.5. The Morgan fingerprint density at radius 1 is 1.08 bits per heavy atom. The highest BCUT2D eigenvalue weighted by atomic mass is 35.5. The molecule has 0 fully saturated rings. The number of aryl methyl sites for hydroxylation is 2. The van der Waals surface area contributed by atoms with Crippen molar-refractivity contribution in [1.82, 2.24) is 4.72 Å². The van der Waals surface area contributed by atoms with Crippen LogP contribution in [0, 0.1) is 6.92 Å². The van der Waals surface area contributed by atoms with E-state index in [2.05, 4.69) is 4.72 Å². The van der Waals surface area contributed by atoms with Gasteiger partial charge in [0.15, 0.2) is 0 Å². The van der Waals surface area contributed by atoms with E-state index in [1.165, 1.54) is 0 Å². The number of hydrogen-bond acceptors (Lipinski definition) is 3. The van der Waals surface area contributed by atoms with Crippen LogP contribution in [0.25, 0.3) is 0 Å². The summed E-state index contributed by atoms with van der Waals surface area (Å²) in [5.74, 6) is 1.37. The van der Waals surface area contributed by atoms with Crippen molar-refractivity contribution in [1.29, 1.82) is 0 Å². The largest absolute Gasteiger partial charge is 0.496 e. The van der Waals surface area contributed by atoms with E-state index in [4.69, 9.17) is 16.3 Å². The van der Waals surface area contributed by atoms with Gasteiger partial charge in [-0.25, -0.2) is 13.1 Å². The molecule has 0 saturated carbocycles. The number of halogens is 1. The van der Waals surface area contributed by atoms with E-state index in [0.29, 0.717) is 18.8 Å². The van der Waals surface area contributed by atoms with Crippen LogP contribution < -0.4 is 9.46 Å². The third kappa shape index (κ3) is 5.73. The topological polar surface area (TPSA) is 55.4 Å². The molecule has 0 heterocycles. The molecule has 2 aromatic rings. The van der Waals surface area contributed by atoms with E-state index in [-0.39, 0.29) is 4.90 Å². The fourth-order valence-corrected chi connectivity index (χ4v) is 3.78. The van der Waals surface area contributed by atoms with Gasteiger partial charge in [-0.15, -0.1) is 11.6 Å². The first-order valence-corrected chi connectivity index (χ1v) is 10.3. The molecule has 0 bridgehead atoms. The highest BCUT2D eigenvalue weighted by Crippen LogP contribution is 2.20. The Balaban J connectivity index is 1.98. The number of sulfonamides is 1. The molecule has 6 heteroatoms. The van der Waals surface area contributed by atoms with Gasteiger partial charge >= 0.3 is 0 Å². The number of nitrogens with one attached hydrogen (secondary N) is 1. The molecule has 0 aliphatic carbocycles. The number of rotatable bonds is 9. The fraction of sp³-hybridized carbons (Fsp3) is 0.368. The van der Waals surface area contributed by atoms with Crippen LogP contribution in [-0.4, -0.2) is 28.0 Å². The van der Waals surface area contributed by atoms with Gasteiger partial charge in [-0.05, 0) is 55.5 Å². The summed E-state index contributed by atoms with van der Waals surface area (Å²) in [4.78, 5) is 0.276. The number of alkyl halides is 1. The predicted octanol–water partition coefficient (Wildman–Crippen LogP) is 3.70. The van der Waals surface area contributed by atoms with Gasteiger partial charge in [-0.2, -0.15) is 0 Å². The van der Waals surface area contributed by atoms with Crippen LogP contribution in [0.15, 0.2) is 47.4 Å². The van der Waals surface area contributed by atoms with Crippen LogP contribution in [0.3, 0.4) is 0 Å². The van der Waals surface area contributed by atoms with Crippen molar-refractivity contribution in [2.45, 2.75) is 31.1 Å². The molecular formula is C19H24ClNO3S. The Morgan fingerprint density at radius 3 is 2.44 bits per heavy atom. The number of methoxy groups -OCH3 is 1. The second-order valence-electron chi connectivity index (χ2n) is 5.90. The molecule has 0 aliphatic rings. The van der Waals surface area contributed by atoms with Crippen molar-refractivity contribution >= 4 is 21.6 Å². The Labute approximate surface area is 155 Å². The average Bonchev–Trinajstić information content (AvgIpc) is 2.60. The molecule has 0 spiro atoms. The summed E-state index contributed by atoms with van der Waals surface area (Å²) in [7, 11) is -1.90. The lowest BCUT2D eigenvalue weighted by Gasteiger charge is -2.11. The van der Waals surface area contributed by atoms with Crippen LogP contribution in [0.4, 0.5) is 0 Å². The Kier molecular flexibility index (Phi) is 7.29. The van der Waals surface area contributed by atoms with Gasteiger partial charge in [0, 0.05) is 12.4 Å². The van der Waals surface area contributed by atoms with Crippen molar-refractivity contribution < 1.29 is 13.2 Å². The van der Waals surface area contributed by atoms with Crippen molar-refractivity contribution in [3.63, 3.8) is 0 Å². The van der Waals surface area contributed by atoms with Crippen LogP contribution in [-0.2, 0) is 22.9 Å². The maximum Gasteiger partial charge on any atom is 0.240 e. The second-order valence-corrected chi connectivity index (χ2v) is 8.04. The van der Waals surface area contributed by atoms with E-state index in [1.54, 1.807) is 19.2 Å². The highest BCUT2D eigenvalue weighted by molar-refractivity contribution is 7.89. The molecule has 4 nitrogen and oxygen atoms in total. The standard InChI is InChI=1S/C19H24ClNO3S/c1-15-5-10-19(24-2)17(14-15)11-13-21-25(22,23)18-8-6-16(7-9-18)4-3-12-20/h5-10,14,21H,3-4,11-13H2,1-2H3. The zero-order chi connectivity index (χ0) is 18.3. The van der Waals surface area contributed by atoms with E-state index < -0.39 is 10.0 Å². The van der Waals surface area contributed by atoms with Gasteiger partial charge in [0.2, 0.25) is 10.0 Å². The maximum atomic E-state index is 12.4. The van der Waals surface area contributed by atoms with Crippen LogP contribution in [0.1, 0.15) is 23.1 Å². The fourth-order valence-electron chi connectivity index (χ4n) is 2.61. The van der Waals surface area contributed by atoms with E-state index in [1.807, 2.05) is 37.3 Å². The molecule has 2 aromatic carbocycles. The Morgan fingerprint density at radius 2 is 1.80 bits per heavy atom. The van der Waals surface area contributed by atoms with Gasteiger partial charge in [-0.3, -0.25) is 0 Å². The van der Waals surface area contributed by atoms with E-state index in [0.717, 1.165) is 35.3 Å². The summed E-state index contributed by atoms with van der Waals surface area (Å²) >= 11 is 5.68. The van der Waals surface area contributed by atoms with Crippen molar-refractivity contribution in [3.05, 3.63) is 59.2 Å². The van der Waals surface area contributed by atoms with Crippen LogP contribution >= 0.6 is 11.6 Å². The Bertz CT molecular complexity index is 789. The quantitative estimate of drug-likeness (QED) is 0.674. The van der Waals surface area contributed by atoms with Crippen molar-refractivity contribution in [2.75, 3.05) is 19.5 Å². The monoisotopic (exact) mass is 381 g/mol. The Hall–Kier alpha value is -1.56. The first-order valence-electron chi connectivity index (χ1n) is 8.24. The minimum atomic E-state index is -3.51. The summed E-state index contributed by atoms with van der Waals surface area (Å²) in [6.45, 7) is 2.31. The molecule has 0 unspecified atom stereocenters. The summed E-state index contributed by atoms with van der Waals surface area (Å²) in [6, 6.07) is 12.8. The molecule has 0 radical (unpaired) electrons. The first kappa shape index (κ1) is 19.8. The zero-order valence-electron chi connectivity index (χ0n) is 14.6. The molecule has 1 N–H and O–H groups in total. The SMILES string of the molecule is COc1ccc(C)cc1CCNS(=O)(=O)c1ccc(CCCCl)cc1. The van der Waals surface area contributed by atoms with Crippen molar-refractivity contribution in [3.8, 4) is 5.75 Å². The van der Waals surface area contributed by atoms with E-state index in [9.17, 15) is 8.42 Å². The lowest BCUT2D eigenvalue weighted by molar-refractivity contribution is 0.409. The highest BCUT2D eigenvalue weighted by Gasteiger charge is 2.14. The lowest BCUT2D eigenvalue weighted by Crippen LogP contribution is -2.26. The van der Waals surface area contributed by atoms with Gasteiger partial charge in [0.1, 0.15) is 5.75 Å². The smallest absolute Gasteiger partial charge is 0.240 e. The van der Waals surface area contributed by atoms with E-state index >= 15 is 0 Å². The first-order chi connectivity index (χ1) is 12.0. The van der Waals surface area contributed by atoms with Gasteiger partial charge < -0.3 is 4.74 Å². The molecule has 0 amide bonds. The average molecular weight is 382 g/mol. The third-order valence-corrected chi connectivity index (χ3v) is 5.70. The number of benzene rings is 2. The molecule has 136 valence electrons. The van der Waals surface area contributed by atoms with Crippen molar-refractivity contribution in [2.24, 2.45) is 0 Å². The maximum absolute atomic E-state index is 12.4. The summed E-state index contributed by atoms with van der Waals surface area (Å²) in [6.07, 6.45) is 2.30. The number of hydrogen-bond donors (Lipinski definition) is 1. The molecule has 2 rings (SSSR count). The predicted molar refractivity (Wildman–Crippen MR) is 102 cm³/mol. The molecule has 0 aromatic heterocycles.